The van der Waals surface area contributed by atoms with E-state index in [0.717, 1.165) is 12.8 Å². The zero-order valence-electron chi connectivity index (χ0n) is 18.8. The number of aromatic nitrogens is 2. The molecule has 35 heavy (non-hydrogen) atoms. The topological polar surface area (TPSA) is 111 Å². The molecule has 1 aromatic heterocycles. The van der Waals surface area contributed by atoms with Crippen LogP contribution in [0.1, 0.15) is 39.3 Å². The second kappa shape index (κ2) is 10.2. The van der Waals surface area contributed by atoms with Gasteiger partial charge in [-0.25, -0.2) is 9.18 Å². The number of carbonyl (C=O) groups excluding carboxylic acids is 4. The first-order valence-electron chi connectivity index (χ1n) is 10.9. The standard InChI is InChI=1S/C24H22ClFN4O5/c1-35-24(34)14-5-8-20-17(9-14)19(13-31)28-30(20)12-22(33)29(16-6-7-16)11-21(32)27-10-15-3-2-4-18(25)23(15)26/h2-5,8-9,13,16H,6-7,10-12H2,1H3,(H,27,32). The van der Waals surface area contributed by atoms with Gasteiger partial charge in [-0.15, -0.1) is 0 Å². The highest BCUT2D eigenvalue weighted by Crippen LogP contribution is 2.27. The van der Waals surface area contributed by atoms with Crippen molar-refractivity contribution in [1.82, 2.24) is 20.0 Å². The Morgan fingerprint density at radius 2 is 2.06 bits per heavy atom. The minimum absolute atomic E-state index is 0.0358. The van der Waals surface area contributed by atoms with Crippen molar-refractivity contribution in [1.29, 1.82) is 0 Å². The number of carbonyl (C=O) groups is 4. The highest BCUT2D eigenvalue weighted by atomic mass is 35.5. The highest BCUT2D eigenvalue weighted by Gasteiger charge is 2.34. The molecule has 0 saturated heterocycles. The lowest BCUT2D eigenvalue weighted by molar-refractivity contribution is -0.137. The lowest BCUT2D eigenvalue weighted by Gasteiger charge is -2.22. The van der Waals surface area contributed by atoms with Crippen LogP contribution in [0.4, 0.5) is 4.39 Å². The van der Waals surface area contributed by atoms with Crippen molar-refractivity contribution in [3.05, 3.63) is 64.1 Å². The van der Waals surface area contributed by atoms with Gasteiger partial charge in [-0.1, -0.05) is 23.7 Å². The molecule has 182 valence electrons. The first-order valence-corrected chi connectivity index (χ1v) is 11.2. The lowest BCUT2D eigenvalue weighted by atomic mass is 10.1. The van der Waals surface area contributed by atoms with Crippen LogP contribution >= 0.6 is 11.6 Å². The van der Waals surface area contributed by atoms with Crippen LogP contribution in [0.2, 0.25) is 5.02 Å². The Kier molecular flexibility index (Phi) is 7.11. The fourth-order valence-electron chi connectivity index (χ4n) is 3.77. The van der Waals surface area contributed by atoms with Gasteiger partial charge in [0.2, 0.25) is 11.8 Å². The molecule has 1 heterocycles. The molecule has 0 atom stereocenters. The van der Waals surface area contributed by atoms with E-state index in [1.165, 1.54) is 41.0 Å². The number of methoxy groups -OCH3 is 1. The number of hydrogen-bond donors (Lipinski definition) is 1. The van der Waals surface area contributed by atoms with Gasteiger partial charge < -0.3 is 15.0 Å². The zero-order valence-corrected chi connectivity index (χ0v) is 19.5. The third-order valence-electron chi connectivity index (χ3n) is 5.73. The van der Waals surface area contributed by atoms with E-state index in [2.05, 4.69) is 10.4 Å². The number of nitrogens with one attached hydrogen (secondary N) is 1. The molecule has 9 nitrogen and oxygen atoms in total. The molecule has 1 aliphatic rings. The normalized spacial score (nSPS) is 12.9. The summed E-state index contributed by atoms with van der Waals surface area (Å²) in [5.74, 6) is -1.95. The molecular formula is C24H22ClFN4O5. The maximum absolute atomic E-state index is 14.1. The average Bonchev–Trinajstić information content (AvgIpc) is 3.64. The van der Waals surface area contributed by atoms with E-state index < -0.39 is 17.7 Å². The van der Waals surface area contributed by atoms with Gasteiger partial charge in [0.05, 0.1) is 29.8 Å². The van der Waals surface area contributed by atoms with Crippen molar-refractivity contribution < 1.29 is 28.3 Å². The Morgan fingerprint density at radius 1 is 1.29 bits per heavy atom. The van der Waals surface area contributed by atoms with E-state index in [4.69, 9.17) is 16.3 Å². The van der Waals surface area contributed by atoms with E-state index in [9.17, 15) is 23.6 Å². The first-order chi connectivity index (χ1) is 16.8. The number of fused-ring (bicyclic) bond motifs is 1. The van der Waals surface area contributed by atoms with Crippen LogP contribution in [0.3, 0.4) is 0 Å². The summed E-state index contributed by atoms with van der Waals surface area (Å²) in [6, 6.07) is 9.04. The number of rotatable bonds is 9. The third kappa shape index (κ3) is 5.32. The molecule has 11 heteroatoms. The van der Waals surface area contributed by atoms with Crippen molar-refractivity contribution in [2.24, 2.45) is 0 Å². The van der Waals surface area contributed by atoms with Gasteiger partial charge in [-0.2, -0.15) is 5.10 Å². The molecule has 3 aromatic rings. The quantitative estimate of drug-likeness (QED) is 0.357. The first kappa shape index (κ1) is 24.3. The van der Waals surface area contributed by atoms with E-state index in [0.29, 0.717) is 17.2 Å². The zero-order chi connectivity index (χ0) is 25.1. The van der Waals surface area contributed by atoms with E-state index in [1.807, 2.05) is 0 Å². The molecule has 4 rings (SSSR count). The smallest absolute Gasteiger partial charge is 0.337 e. The van der Waals surface area contributed by atoms with E-state index in [-0.39, 0.29) is 53.4 Å². The van der Waals surface area contributed by atoms with Crippen LogP contribution in [-0.2, 0) is 27.4 Å². The number of ether oxygens (including phenoxy) is 1. The molecule has 0 bridgehead atoms. The molecule has 0 radical (unpaired) electrons. The summed E-state index contributed by atoms with van der Waals surface area (Å²) in [6.07, 6.45) is 2.08. The monoisotopic (exact) mass is 500 g/mol. The Balaban J connectivity index is 1.47. The van der Waals surface area contributed by atoms with Crippen molar-refractivity contribution in [2.75, 3.05) is 13.7 Å². The number of esters is 1. The second-order valence-corrected chi connectivity index (χ2v) is 8.53. The second-order valence-electron chi connectivity index (χ2n) is 8.13. The molecule has 1 aliphatic carbocycles. The number of nitrogens with zero attached hydrogens (tertiary/aromatic N) is 3. The van der Waals surface area contributed by atoms with E-state index >= 15 is 0 Å². The van der Waals surface area contributed by atoms with Crippen molar-refractivity contribution in [2.45, 2.75) is 32.0 Å². The molecule has 0 aliphatic heterocycles. The Labute approximate surface area is 204 Å². The minimum Gasteiger partial charge on any atom is -0.465 e. The summed E-state index contributed by atoms with van der Waals surface area (Å²) in [7, 11) is 1.25. The van der Waals surface area contributed by atoms with Gasteiger partial charge in [-0.3, -0.25) is 19.1 Å². The van der Waals surface area contributed by atoms with Crippen LogP contribution in [0, 0.1) is 5.82 Å². The minimum atomic E-state index is -0.600. The maximum Gasteiger partial charge on any atom is 0.337 e. The molecule has 2 amide bonds. The van der Waals surface area contributed by atoms with E-state index in [1.54, 1.807) is 12.1 Å². The average molecular weight is 501 g/mol. The fraction of sp³-hybridized carbons (Fsp3) is 0.292. The fourth-order valence-corrected chi connectivity index (χ4v) is 3.97. The lowest BCUT2D eigenvalue weighted by Crippen LogP contribution is -2.43. The molecule has 0 unspecified atom stereocenters. The summed E-state index contributed by atoms with van der Waals surface area (Å²) in [6.45, 7) is -0.459. The summed E-state index contributed by atoms with van der Waals surface area (Å²) in [5, 5.41) is 7.20. The van der Waals surface area contributed by atoms with Crippen molar-refractivity contribution in [3.63, 3.8) is 0 Å². The van der Waals surface area contributed by atoms with Gasteiger partial charge >= 0.3 is 5.97 Å². The SMILES string of the molecule is COC(=O)c1ccc2c(c1)c(C=O)nn2CC(=O)N(CC(=O)NCc1cccc(Cl)c1F)C1CC1. The number of hydrogen-bond acceptors (Lipinski definition) is 6. The summed E-state index contributed by atoms with van der Waals surface area (Å²) >= 11 is 5.77. The van der Waals surface area contributed by atoms with Crippen LogP contribution in [-0.4, -0.2) is 58.4 Å². The predicted molar refractivity (Wildman–Crippen MR) is 124 cm³/mol. The predicted octanol–water partition coefficient (Wildman–Crippen LogP) is 2.74. The number of aldehydes is 1. The number of amides is 2. The third-order valence-corrected chi connectivity index (χ3v) is 6.02. The van der Waals surface area contributed by atoms with Gasteiger partial charge in [0, 0.05) is 23.5 Å². The van der Waals surface area contributed by atoms with Gasteiger partial charge in [0.25, 0.3) is 0 Å². The van der Waals surface area contributed by atoms with Crippen LogP contribution < -0.4 is 5.32 Å². The Bertz CT molecular complexity index is 1320. The molecule has 1 N–H and O–H groups in total. The van der Waals surface area contributed by atoms with Gasteiger partial charge in [0.1, 0.15) is 18.1 Å². The molecule has 1 saturated carbocycles. The number of benzene rings is 2. The molecule has 1 fully saturated rings. The van der Waals surface area contributed by atoms with Gasteiger partial charge in [-0.05, 0) is 37.1 Å². The summed E-state index contributed by atoms with van der Waals surface area (Å²) in [4.78, 5) is 50.5. The largest absolute Gasteiger partial charge is 0.465 e. The molecule has 2 aromatic carbocycles. The van der Waals surface area contributed by atoms with Crippen molar-refractivity contribution >= 4 is 46.6 Å². The summed E-state index contributed by atoms with van der Waals surface area (Å²) in [5.41, 5.74) is 1.06. The number of halogens is 2. The Hall–Kier alpha value is -3.79. The van der Waals surface area contributed by atoms with Crippen LogP contribution in [0.25, 0.3) is 10.9 Å². The Morgan fingerprint density at radius 3 is 2.74 bits per heavy atom. The van der Waals surface area contributed by atoms with Crippen LogP contribution in [0.5, 0.6) is 0 Å². The summed E-state index contributed by atoms with van der Waals surface area (Å²) < 4.78 is 20.1. The van der Waals surface area contributed by atoms with Crippen molar-refractivity contribution in [3.8, 4) is 0 Å². The van der Waals surface area contributed by atoms with Gasteiger partial charge in [0.15, 0.2) is 6.29 Å². The van der Waals surface area contributed by atoms with Crippen LogP contribution in [0.15, 0.2) is 36.4 Å². The maximum atomic E-state index is 14.1. The molecular weight excluding hydrogens is 479 g/mol. The molecule has 0 spiro atoms. The highest BCUT2D eigenvalue weighted by molar-refractivity contribution is 6.30.